The topological polar surface area (TPSA) is 34.1 Å². The van der Waals surface area contributed by atoms with Gasteiger partial charge in [0.25, 0.3) is 0 Å². The Kier molecular flexibility index (Phi) is 3.10. The van der Waals surface area contributed by atoms with Gasteiger partial charge in [-0.15, -0.1) is 0 Å². The summed E-state index contributed by atoms with van der Waals surface area (Å²) in [6.45, 7) is 0. The first-order valence-electron chi connectivity index (χ1n) is 5.43. The average molecular weight is 224 g/mol. The Bertz CT molecular complexity index is 409. The summed E-state index contributed by atoms with van der Waals surface area (Å²) in [6.07, 6.45) is 2.85. The van der Waals surface area contributed by atoms with Gasteiger partial charge in [0, 0.05) is 0 Å². The fourth-order valence-corrected chi connectivity index (χ4v) is 3.96. The quantitative estimate of drug-likeness (QED) is 0.734. The first-order valence-corrected chi connectivity index (χ1v) is 7.25. The van der Waals surface area contributed by atoms with Crippen LogP contribution >= 0.6 is 0 Å². The molecule has 82 valence electrons. The number of sulfone groups is 1. The summed E-state index contributed by atoms with van der Waals surface area (Å²) >= 11 is 0. The normalized spacial score (nSPS) is 25.7. The van der Waals surface area contributed by atoms with Crippen LogP contribution in [-0.4, -0.2) is 19.9 Å². The largest absolute Gasteiger partial charge is 0.229 e. The van der Waals surface area contributed by atoms with Crippen LogP contribution in [0.3, 0.4) is 0 Å². The highest BCUT2D eigenvalue weighted by Gasteiger charge is 2.23. The summed E-state index contributed by atoms with van der Waals surface area (Å²) in [5, 5.41) is 0. The Balaban J connectivity index is 2.22. The van der Waals surface area contributed by atoms with Crippen LogP contribution in [-0.2, 0) is 9.84 Å². The van der Waals surface area contributed by atoms with Gasteiger partial charge in [-0.1, -0.05) is 36.8 Å². The number of rotatable bonds is 1. The van der Waals surface area contributed by atoms with E-state index in [0.29, 0.717) is 11.5 Å². The number of hydrogen-bond donors (Lipinski definition) is 0. The van der Waals surface area contributed by atoms with Crippen molar-refractivity contribution in [2.24, 2.45) is 0 Å². The highest BCUT2D eigenvalue weighted by atomic mass is 32.2. The van der Waals surface area contributed by atoms with E-state index in [1.165, 1.54) is 5.56 Å². The van der Waals surface area contributed by atoms with E-state index in [2.05, 4.69) is 0 Å². The lowest BCUT2D eigenvalue weighted by Crippen LogP contribution is -2.14. The van der Waals surface area contributed by atoms with Gasteiger partial charge in [0.15, 0.2) is 9.84 Å². The molecule has 1 aromatic carbocycles. The SMILES string of the molecule is O=S1(=O)CCCC[C@H](c2ccccc2)C1. The lowest BCUT2D eigenvalue weighted by Gasteiger charge is -2.13. The highest BCUT2D eigenvalue weighted by Crippen LogP contribution is 2.27. The predicted octanol–water partition coefficient (Wildman–Crippen LogP) is 2.37. The van der Waals surface area contributed by atoms with Crippen molar-refractivity contribution in [3.63, 3.8) is 0 Å². The molecule has 1 fully saturated rings. The Morgan fingerprint density at radius 2 is 1.80 bits per heavy atom. The van der Waals surface area contributed by atoms with Crippen molar-refractivity contribution >= 4 is 9.84 Å². The van der Waals surface area contributed by atoms with E-state index in [1.54, 1.807) is 0 Å². The third-order valence-corrected chi connectivity index (χ3v) is 4.80. The zero-order valence-electron chi connectivity index (χ0n) is 8.72. The fourth-order valence-electron chi connectivity index (χ4n) is 2.17. The molecule has 3 heteroatoms. The number of hydrogen-bond acceptors (Lipinski definition) is 2. The minimum absolute atomic E-state index is 0.207. The van der Waals surface area contributed by atoms with Gasteiger partial charge in [-0.25, -0.2) is 8.42 Å². The van der Waals surface area contributed by atoms with Crippen LogP contribution in [0.4, 0.5) is 0 Å². The molecule has 1 aliphatic heterocycles. The molecule has 0 aromatic heterocycles. The predicted molar refractivity (Wildman–Crippen MR) is 61.7 cm³/mol. The molecule has 1 atom stereocenters. The molecule has 2 nitrogen and oxygen atoms in total. The Labute approximate surface area is 91.2 Å². The van der Waals surface area contributed by atoms with Crippen molar-refractivity contribution in [1.82, 2.24) is 0 Å². The molecule has 0 bridgehead atoms. The molecule has 0 N–H and O–H groups in total. The standard InChI is InChI=1S/C12H16O2S/c13-15(14)9-5-4-8-12(10-15)11-6-2-1-3-7-11/h1-3,6-7,12H,4-5,8-10H2/t12-/m0/s1. The lowest BCUT2D eigenvalue weighted by molar-refractivity contribution is 0.590. The second-order valence-corrected chi connectivity index (χ2v) is 6.45. The maximum Gasteiger partial charge on any atom is 0.150 e. The monoisotopic (exact) mass is 224 g/mol. The molecular formula is C12H16O2S. The Hall–Kier alpha value is -0.830. The molecule has 0 saturated carbocycles. The van der Waals surface area contributed by atoms with Crippen molar-refractivity contribution in [3.05, 3.63) is 35.9 Å². The van der Waals surface area contributed by atoms with Crippen LogP contribution < -0.4 is 0 Å². The van der Waals surface area contributed by atoms with Gasteiger partial charge >= 0.3 is 0 Å². The molecule has 1 aromatic rings. The van der Waals surface area contributed by atoms with Crippen molar-refractivity contribution < 1.29 is 8.42 Å². The van der Waals surface area contributed by atoms with Crippen LogP contribution in [0.5, 0.6) is 0 Å². The van der Waals surface area contributed by atoms with Gasteiger partial charge in [0.1, 0.15) is 0 Å². The van der Waals surface area contributed by atoms with Crippen molar-refractivity contribution in [2.45, 2.75) is 25.2 Å². The second-order valence-electron chi connectivity index (χ2n) is 4.22. The molecule has 0 radical (unpaired) electrons. The summed E-state index contributed by atoms with van der Waals surface area (Å²) in [4.78, 5) is 0. The van der Waals surface area contributed by atoms with E-state index in [4.69, 9.17) is 0 Å². The van der Waals surface area contributed by atoms with Crippen LogP contribution in [0.1, 0.15) is 30.7 Å². The smallest absolute Gasteiger partial charge is 0.150 e. The maximum absolute atomic E-state index is 11.7. The lowest BCUT2D eigenvalue weighted by atomic mass is 9.96. The van der Waals surface area contributed by atoms with E-state index in [-0.39, 0.29) is 5.92 Å². The van der Waals surface area contributed by atoms with Gasteiger partial charge in [-0.2, -0.15) is 0 Å². The minimum atomic E-state index is -2.82. The summed E-state index contributed by atoms with van der Waals surface area (Å²) in [5.41, 5.74) is 1.17. The minimum Gasteiger partial charge on any atom is -0.229 e. The molecule has 1 heterocycles. The van der Waals surface area contributed by atoms with Gasteiger partial charge in [0.2, 0.25) is 0 Å². The summed E-state index contributed by atoms with van der Waals surface area (Å²) in [7, 11) is -2.82. The molecule has 1 aliphatic rings. The van der Waals surface area contributed by atoms with E-state index in [9.17, 15) is 8.42 Å². The Morgan fingerprint density at radius 3 is 2.53 bits per heavy atom. The first-order chi connectivity index (χ1) is 7.17. The third kappa shape index (κ3) is 2.81. The van der Waals surface area contributed by atoms with Crippen molar-refractivity contribution in [2.75, 3.05) is 11.5 Å². The molecule has 1 saturated heterocycles. The van der Waals surface area contributed by atoms with Crippen LogP contribution in [0, 0.1) is 0 Å². The maximum atomic E-state index is 11.7. The van der Waals surface area contributed by atoms with Crippen LogP contribution in [0.15, 0.2) is 30.3 Å². The average Bonchev–Trinajstić information content (AvgIpc) is 2.41. The van der Waals surface area contributed by atoms with E-state index >= 15 is 0 Å². The van der Waals surface area contributed by atoms with Crippen LogP contribution in [0.25, 0.3) is 0 Å². The summed E-state index contributed by atoms with van der Waals surface area (Å²) in [6, 6.07) is 9.99. The van der Waals surface area contributed by atoms with E-state index in [0.717, 1.165) is 19.3 Å². The van der Waals surface area contributed by atoms with Crippen molar-refractivity contribution in [1.29, 1.82) is 0 Å². The molecule has 0 aliphatic carbocycles. The molecular weight excluding hydrogens is 208 g/mol. The third-order valence-electron chi connectivity index (χ3n) is 2.98. The van der Waals surface area contributed by atoms with E-state index < -0.39 is 9.84 Å². The fraction of sp³-hybridized carbons (Fsp3) is 0.500. The Morgan fingerprint density at radius 1 is 1.07 bits per heavy atom. The summed E-state index contributed by atoms with van der Waals surface area (Å²) < 4.78 is 23.3. The van der Waals surface area contributed by atoms with E-state index in [1.807, 2.05) is 30.3 Å². The highest BCUT2D eigenvalue weighted by molar-refractivity contribution is 7.91. The molecule has 0 spiro atoms. The molecule has 15 heavy (non-hydrogen) atoms. The number of benzene rings is 1. The molecule has 0 amide bonds. The zero-order chi connectivity index (χ0) is 10.7. The summed E-state index contributed by atoms with van der Waals surface area (Å²) in [5.74, 6) is 0.909. The van der Waals surface area contributed by atoms with Crippen LogP contribution in [0.2, 0.25) is 0 Å². The second kappa shape index (κ2) is 4.35. The molecule has 2 rings (SSSR count). The van der Waals surface area contributed by atoms with Gasteiger partial charge in [0.05, 0.1) is 11.5 Å². The zero-order valence-corrected chi connectivity index (χ0v) is 9.54. The van der Waals surface area contributed by atoms with Gasteiger partial charge in [-0.05, 0) is 24.3 Å². The van der Waals surface area contributed by atoms with Gasteiger partial charge < -0.3 is 0 Å². The first kappa shape index (κ1) is 10.7. The van der Waals surface area contributed by atoms with Crippen molar-refractivity contribution in [3.8, 4) is 0 Å². The molecule has 0 unspecified atom stereocenters. The van der Waals surface area contributed by atoms with Gasteiger partial charge in [-0.3, -0.25) is 0 Å².